The molecule has 1 heterocycles. The summed E-state index contributed by atoms with van der Waals surface area (Å²) in [4.78, 5) is 2.72. The van der Waals surface area contributed by atoms with Gasteiger partial charge in [0.15, 0.2) is 0 Å². The fourth-order valence-corrected chi connectivity index (χ4v) is 7.73. The Morgan fingerprint density at radius 2 is 1.94 bits per heavy atom. The molecule has 31 heavy (non-hydrogen) atoms. The maximum absolute atomic E-state index is 10.2. The Bertz CT molecular complexity index is 708. The van der Waals surface area contributed by atoms with Crippen LogP contribution in [0, 0.1) is 23.2 Å². The van der Waals surface area contributed by atoms with Gasteiger partial charge in [-0.05, 0) is 86.4 Å². The van der Waals surface area contributed by atoms with E-state index in [4.69, 9.17) is 0 Å². The molecule has 5 atom stereocenters. The van der Waals surface area contributed by atoms with E-state index in [0.29, 0.717) is 5.41 Å². The second-order valence-electron chi connectivity index (χ2n) is 10.9. The van der Waals surface area contributed by atoms with Gasteiger partial charge in [0.05, 0.1) is 6.10 Å². The summed E-state index contributed by atoms with van der Waals surface area (Å²) in [5.74, 6) is 2.41. The zero-order valence-corrected chi connectivity index (χ0v) is 20.9. The first-order chi connectivity index (χ1) is 14.9. The molecule has 0 radical (unpaired) electrons. The monoisotopic (exact) mass is 444 g/mol. The molecular weight excluding hydrogens is 400 g/mol. The van der Waals surface area contributed by atoms with Gasteiger partial charge in [-0.25, -0.2) is 4.31 Å². The highest BCUT2D eigenvalue weighted by Gasteiger charge is 2.50. The topological polar surface area (TPSA) is 26.7 Å². The molecule has 3 aliphatic carbocycles. The predicted octanol–water partition coefficient (Wildman–Crippen LogP) is 5.69. The third-order valence-corrected chi connectivity index (χ3v) is 9.97. The van der Waals surface area contributed by atoms with Crippen LogP contribution in [0.1, 0.15) is 65.2 Å². The first-order valence-corrected chi connectivity index (χ1v) is 13.8. The normalized spacial score (nSPS) is 39.2. The summed E-state index contributed by atoms with van der Waals surface area (Å²) in [7, 11) is 0. The molecule has 4 unspecified atom stereocenters. The van der Waals surface area contributed by atoms with E-state index in [9.17, 15) is 5.11 Å². The average Bonchev–Trinajstić information content (AvgIpc) is 3.12. The van der Waals surface area contributed by atoms with Crippen molar-refractivity contribution >= 4 is 11.9 Å². The Morgan fingerprint density at radius 1 is 1.16 bits per heavy atom. The minimum atomic E-state index is -0.329. The van der Waals surface area contributed by atoms with Gasteiger partial charge in [-0.2, -0.15) is 0 Å². The Labute approximate surface area is 195 Å². The van der Waals surface area contributed by atoms with Crippen molar-refractivity contribution in [1.29, 1.82) is 0 Å². The smallest absolute Gasteiger partial charge is 0.0784 e. The Kier molecular flexibility index (Phi) is 7.73. The summed E-state index contributed by atoms with van der Waals surface area (Å²) in [6, 6.07) is 0. The SMILES string of the molecule is C=C1CC/C(=C/C=C2\CCCC3(C)C2CCC3[C@H](C)CN2CCN(SC)CC2)CC1O. The third-order valence-electron chi connectivity index (χ3n) is 9.09. The van der Waals surface area contributed by atoms with Crippen molar-refractivity contribution in [1.82, 2.24) is 9.21 Å². The molecule has 4 fully saturated rings. The predicted molar refractivity (Wildman–Crippen MR) is 134 cm³/mol. The highest BCUT2D eigenvalue weighted by Crippen LogP contribution is 2.59. The number of hydrogen-bond acceptors (Lipinski definition) is 4. The molecule has 0 amide bonds. The van der Waals surface area contributed by atoms with Gasteiger partial charge in [-0.3, -0.25) is 0 Å². The standard InChI is InChI=1S/C27H44N2OS/c1-20-7-8-22(18-26(20)30)9-10-23-6-5-13-27(3)24(11-12-25(23)27)21(2)19-28-14-16-29(31-4)17-15-28/h9-10,21,24-26,30H,1,5-8,11-19H2,2-4H3/b22-9-,23-10+/t21-,24?,25?,26?,27?/m1/s1. The zero-order valence-electron chi connectivity index (χ0n) is 20.1. The van der Waals surface area contributed by atoms with Crippen molar-refractivity contribution < 1.29 is 5.11 Å². The number of fused-ring (bicyclic) bond motifs is 1. The average molecular weight is 445 g/mol. The first kappa shape index (κ1) is 23.6. The maximum Gasteiger partial charge on any atom is 0.0784 e. The Morgan fingerprint density at radius 3 is 2.65 bits per heavy atom. The van der Waals surface area contributed by atoms with E-state index >= 15 is 0 Å². The molecule has 4 aliphatic rings. The molecule has 0 aromatic rings. The van der Waals surface area contributed by atoms with Gasteiger partial charge < -0.3 is 10.0 Å². The Hall–Kier alpha value is -0.550. The van der Waals surface area contributed by atoms with Gasteiger partial charge in [0, 0.05) is 32.7 Å². The molecule has 174 valence electrons. The lowest BCUT2D eigenvalue weighted by Gasteiger charge is -2.45. The van der Waals surface area contributed by atoms with Crippen LogP contribution in [0.5, 0.6) is 0 Å². The lowest BCUT2D eigenvalue weighted by Crippen LogP contribution is -2.46. The Balaban J connectivity index is 1.40. The van der Waals surface area contributed by atoms with Crippen molar-refractivity contribution in [3.8, 4) is 0 Å². The quantitative estimate of drug-likeness (QED) is 0.435. The van der Waals surface area contributed by atoms with E-state index in [2.05, 4.69) is 48.0 Å². The summed E-state index contributed by atoms with van der Waals surface area (Å²) >= 11 is 1.90. The van der Waals surface area contributed by atoms with Crippen LogP contribution in [0.4, 0.5) is 0 Å². The van der Waals surface area contributed by atoms with Gasteiger partial charge in [0.25, 0.3) is 0 Å². The third kappa shape index (κ3) is 5.18. The second kappa shape index (κ2) is 10.2. The summed E-state index contributed by atoms with van der Waals surface area (Å²) in [6.45, 7) is 15.3. The molecule has 3 saturated carbocycles. The van der Waals surface area contributed by atoms with Crippen molar-refractivity contribution in [3.05, 3.63) is 35.5 Å². The summed E-state index contributed by atoms with van der Waals surface area (Å²) in [5, 5.41) is 10.2. The van der Waals surface area contributed by atoms with E-state index in [1.807, 2.05) is 11.9 Å². The molecular formula is C27H44N2OS. The summed E-state index contributed by atoms with van der Waals surface area (Å²) in [6.07, 6.45) is 16.3. The van der Waals surface area contributed by atoms with Crippen molar-refractivity contribution in [2.75, 3.05) is 39.0 Å². The summed E-state index contributed by atoms with van der Waals surface area (Å²) in [5.41, 5.74) is 4.59. The highest BCUT2D eigenvalue weighted by molar-refractivity contribution is 7.96. The van der Waals surface area contributed by atoms with Crippen LogP contribution in [-0.4, -0.2) is 59.4 Å². The van der Waals surface area contributed by atoms with E-state index in [1.165, 1.54) is 70.4 Å². The summed E-state index contributed by atoms with van der Waals surface area (Å²) < 4.78 is 2.50. The maximum atomic E-state index is 10.2. The molecule has 4 rings (SSSR count). The molecule has 1 N–H and O–H groups in total. The van der Waals surface area contributed by atoms with Crippen molar-refractivity contribution in [3.63, 3.8) is 0 Å². The zero-order chi connectivity index (χ0) is 22.0. The van der Waals surface area contributed by atoms with Crippen LogP contribution in [-0.2, 0) is 0 Å². The number of aliphatic hydroxyl groups is 1. The lowest BCUT2D eigenvalue weighted by atomic mass is 9.61. The molecule has 0 aromatic carbocycles. The second-order valence-corrected chi connectivity index (χ2v) is 11.8. The number of allylic oxidation sites excluding steroid dienone is 3. The molecule has 0 spiro atoms. The molecule has 0 bridgehead atoms. The molecule has 0 aromatic heterocycles. The van der Waals surface area contributed by atoms with Crippen LogP contribution in [0.25, 0.3) is 0 Å². The molecule has 1 aliphatic heterocycles. The van der Waals surface area contributed by atoms with Gasteiger partial charge in [-0.1, -0.05) is 55.7 Å². The molecule has 1 saturated heterocycles. The van der Waals surface area contributed by atoms with Gasteiger partial charge in [0.2, 0.25) is 0 Å². The number of aliphatic hydroxyl groups excluding tert-OH is 1. The van der Waals surface area contributed by atoms with Crippen LogP contribution in [0.2, 0.25) is 0 Å². The minimum absolute atomic E-state index is 0.329. The first-order valence-electron chi connectivity index (χ1n) is 12.7. The van der Waals surface area contributed by atoms with Crippen molar-refractivity contribution in [2.24, 2.45) is 23.2 Å². The molecule has 4 heteroatoms. The van der Waals surface area contributed by atoms with Crippen LogP contribution in [0.3, 0.4) is 0 Å². The van der Waals surface area contributed by atoms with E-state index in [1.54, 1.807) is 5.57 Å². The largest absolute Gasteiger partial charge is 0.388 e. The van der Waals surface area contributed by atoms with E-state index < -0.39 is 0 Å². The fourth-order valence-electron chi connectivity index (χ4n) is 7.20. The minimum Gasteiger partial charge on any atom is -0.388 e. The van der Waals surface area contributed by atoms with Crippen molar-refractivity contribution in [2.45, 2.75) is 71.3 Å². The number of nitrogens with zero attached hydrogens (tertiary/aromatic N) is 2. The molecule has 3 nitrogen and oxygen atoms in total. The van der Waals surface area contributed by atoms with Crippen LogP contribution in [0.15, 0.2) is 35.5 Å². The van der Waals surface area contributed by atoms with E-state index in [-0.39, 0.29) is 6.10 Å². The van der Waals surface area contributed by atoms with E-state index in [0.717, 1.165) is 42.6 Å². The number of piperazine rings is 1. The van der Waals surface area contributed by atoms with Gasteiger partial charge >= 0.3 is 0 Å². The lowest BCUT2D eigenvalue weighted by molar-refractivity contribution is 0.0706. The number of hydrogen-bond donors (Lipinski definition) is 1. The van der Waals surface area contributed by atoms with Crippen LogP contribution >= 0.6 is 11.9 Å². The van der Waals surface area contributed by atoms with Crippen LogP contribution < -0.4 is 0 Å². The van der Waals surface area contributed by atoms with Gasteiger partial charge in [-0.15, -0.1) is 0 Å². The highest BCUT2D eigenvalue weighted by atomic mass is 32.2. The fraction of sp³-hybridized carbons (Fsp3) is 0.778. The van der Waals surface area contributed by atoms with Gasteiger partial charge in [0.1, 0.15) is 0 Å². The number of rotatable bonds is 5.